The van der Waals surface area contributed by atoms with Gasteiger partial charge in [0.05, 0.1) is 28.1 Å². The molecule has 2 aromatic heterocycles. The highest BCUT2D eigenvalue weighted by Crippen LogP contribution is 2.52. The van der Waals surface area contributed by atoms with E-state index in [-0.39, 0.29) is 21.8 Å². The molecule has 0 N–H and O–H groups in total. The number of pyridine rings is 1. The Balaban J connectivity index is 0.973. The van der Waals surface area contributed by atoms with Gasteiger partial charge in [-0.1, -0.05) is 238 Å². The van der Waals surface area contributed by atoms with Gasteiger partial charge in [0.15, 0.2) is 0 Å². The minimum atomic E-state index is -2.42. The number of fused-ring (bicyclic) bond motifs is 4. The van der Waals surface area contributed by atoms with Crippen molar-refractivity contribution in [2.45, 2.75) is 85.4 Å². The van der Waals surface area contributed by atoms with E-state index < -0.39 is 6.85 Å². The van der Waals surface area contributed by atoms with Crippen molar-refractivity contribution < 1.29 is 8.85 Å². The van der Waals surface area contributed by atoms with Crippen LogP contribution in [0.25, 0.3) is 83.3 Å². The summed E-state index contributed by atoms with van der Waals surface area (Å²) >= 11 is 0. The van der Waals surface area contributed by atoms with Crippen LogP contribution >= 0.6 is 0 Å². The van der Waals surface area contributed by atoms with Gasteiger partial charge in [-0.15, -0.1) is 0 Å². The van der Waals surface area contributed by atoms with E-state index in [2.05, 4.69) is 271 Å². The zero-order valence-electron chi connectivity index (χ0n) is 52.5. The minimum absolute atomic E-state index is 0.00769. The smallest absolute Gasteiger partial charge is 0.137 e. The summed E-state index contributed by atoms with van der Waals surface area (Å²) < 4.78 is 36.0. The molecule has 0 saturated carbocycles. The molecule has 0 saturated heterocycles. The number of hydrogen-bond donors (Lipinski definition) is 0. The first-order valence-electron chi connectivity index (χ1n) is 30.8. The standard InChI is InChI=1S/C79H72N4O/c1-52-43-74(80-50-69(52)54-25-15-12-16-26-54)83-70-32-18-17-29-67(70)75-68(56-37-41-60(42-38-56)78(5,6)7)48-64(49-73(75)83)84-63-46-61(79(8,9)10)45-62(47-63)81-51-82(72-34-20-19-33-71(72)81)76-65(55-35-39-59(40-36-55)77(2,3)4)30-22-31-66(76)58-28-21-27-57(44-58)53-23-13-11-14-24-53/h11-50H,51H2,1-10H3/i1D3. The Morgan fingerprint density at radius 3 is 1.60 bits per heavy atom. The van der Waals surface area contributed by atoms with Gasteiger partial charge < -0.3 is 14.5 Å². The lowest BCUT2D eigenvalue weighted by atomic mass is 9.85. The first-order chi connectivity index (χ1) is 41.7. The van der Waals surface area contributed by atoms with E-state index in [4.69, 9.17) is 13.8 Å². The zero-order chi connectivity index (χ0) is 60.6. The number of rotatable bonds is 10. The predicted molar refractivity (Wildman–Crippen MR) is 355 cm³/mol. The number of benzene rings is 10. The van der Waals surface area contributed by atoms with Crippen LogP contribution in [0.4, 0.5) is 22.7 Å². The Bertz CT molecular complexity index is 4540. The predicted octanol–water partition coefficient (Wildman–Crippen LogP) is 21.8. The molecule has 1 aliphatic heterocycles. The summed E-state index contributed by atoms with van der Waals surface area (Å²) in [5, 5.41) is 2.03. The lowest BCUT2D eigenvalue weighted by Crippen LogP contribution is -2.25. The summed E-state index contributed by atoms with van der Waals surface area (Å²) in [5.41, 5.74) is 20.0. The summed E-state index contributed by atoms with van der Waals surface area (Å²) in [6, 6.07) is 83.8. The van der Waals surface area contributed by atoms with E-state index in [0.717, 1.165) is 94.6 Å². The molecular weight excluding hydrogens is 1020 g/mol. The van der Waals surface area contributed by atoms with Gasteiger partial charge in [-0.05, 0) is 133 Å². The highest BCUT2D eigenvalue weighted by molar-refractivity contribution is 6.16. The first-order valence-corrected chi connectivity index (χ1v) is 29.3. The number of aryl methyl sites for hydroxylation is 1. The molecular formula is C79H72N4O. The fourth-order valence-corrected chi connectivity index (χ4v) is 12.1. The molecule has 0 amide bonds. The van der Waals surface area contributed by atoms with Gasteiger partial charge >= 0.3 is 0 Å². The van der Waals surface area contributed by atoms with Gasteiger partial charge in [-0.25, -0.2) is 4.98 Å². The summed E-state index contributed by atoms with van der Waals surface area (Å²) in [7, 11) is 0. The second-order valence-electron chi connectivity index (χ2n) is 25.5. The molecule has 3 heterocycles. The fraction of sp³-hybridized carbons (Fsp3) is 0.177. The van der Waals surface area contributed by atoms with Crippen LogP contribution in [-0.2, 0) is 16.2 Å². The number of para-hydroxylation sites is 4. The number of ether oxygens (including phenoxy) is 1. The largest absolute Gasteiger partial charge is 0.457 e. The number of anilines is 4. The summed E-state index contributed by atoms with van der Waals surface area (Å²) in [4.78, 5) is 10.0. The maximum atomic E-state index is 8.83. The number of aromatic nitrogens is 2. The molecule has 414 valence electrons. The summed E-state index contributed by atoms with van der Waals surface area (Å²) in [5.74, 6) is 1.83. The Hall–Kier alpha value is -9.45. The first kappa shape index (κ1) is 50.3. The van der Waals surface area contributed by atoms with Crippen molar-refractivity contribution in [3.8, 4) is 73.0 Å². The maximum absolute atomic E-state index is 8.83. The average Bonchev–Trinajstić information content (AvgIpc) is 1.66. The van der Waals surface area contributed by atoms with Crippen LogP contribution in [0, 0.1) is 6.85 Å². The van der Waals surface area contributed by atoms with Gasteiger partial charge in [0.25, 0.3) is 0 Å². The highest BCUT2D eigenvalue weighted by Gasteiger charge is 2.33. The third-order valence-electron chi connectivity index (χ3n) is 16.7. The Morgan fingerprint density at radius 2 is 0.940 bits per heavy atom. The summed E-state index contributed by atoms with van der Waals surface area (Å²) in [6.45, 7) is 18.4. The molecule has 12 aromatic rings. The van der Waals surface area contributed by atoms with E-state index in [1.807, 2.05) is 36.4 Å². The van der Waals surface area contributed by atoms with Crippen molar-refractivity contribution in [2.24, 2.45) is 0 Å². The lowest BCUT2D eigenvalue weighted by molar-refractivity contribution is 0.479. The van der Waals surface area contributed by atoms with Crippen LogP contribution in [0.3, 0.4) is 0 Å². The zero-order valence-corrected chi connectivity index (χ0v) is 49.5. The van der Waals surface area contributed by atoms with Gasteiger partial charge in [0, 0.05) is 55.6 Å². The maximum Gasteiger partial charge on any atom is 0.137 e. The van der Waals surface area contributed by atoms with E-state index in [9.17, 15) is 0 Å². The SMILES string of the molecule is [2H]C([2H])([2H])c1cc(-n2c3ccccc3c3c(-c4ccc(C(C)(C)C)cc4)cc(Oc4cc(N5CN(c6c(-c7ccc(C(C)(C)C)cc7)cccc6-c6cccc(-c7ccccc7)c6)c6ccccc65)cc(C(C)(C)C)c4)cc32)ncc1-c1ccccc1. The number of hydrogen-bond acceptors (Lipinski definition) is 4. The molecule has 0 unspecified atom stereocenters. The van der Waals surface area contributed by atoms with Crippen molar-refractivity contribution in [3.05, 3.63) is 265 Å². The van der Waals surface area contributed by atoms with Crippen LogP contribution in [0.5, 0.6) is 11.5 Å². The van der Waals surface area contributed by atoms with Gasteiger partial charge in [0.1, 0.15) is 24.0 Å². The van der Waals surface area contributed by atoms with Crippen LogP contribution in [-0.4, -0.2) is 16.2 Å². The summed E-state index contributed by atoms with van der Waals surface area (Å²) in [6.07, 6.45) is 1.71. The monoisotopic (exact) mass is 1100 g/mol. The average molecular weight is 1100 g/mol. The second-order valence-corrected chi connectivity index (χ2v) is 25.5. The van der Waals surface area contributed by atoms with Crippen LogP contribution in [0.15, 0.2) is 243 Å². The Kier molecular flexibility index (Phi) is 12.6. The molecule has 10 aromatic carbocycles. The molecule has 0 spiro atoms. The van der Waals surface area contributed by atoms with Crippen LogP contribution < -0.4 is 14.5 Å². The highest BCUT2D eigenvalue weighted by atomic mass is 16.5. The fourth-order valence-electron chi connectivity index (χ4n) is 12.1. The molecule has 0 fully saturated rings. The molecule has 5 heteroatoms. The topological polar surface area (TPSA) is 33.5 Å². The molecule has 1 aliphatic rings. The molecule has 13 rings (SSSR count). The normalized spacial score (nSPS) is 13.5. The van der Waals surface area contributed by atoms with Gasteiger partial charge in [0.2, 0.25) is 0 Å². The van der Waals surface area contributed by atoms with Crippen molar-refractivity contribution in [1.82, 2.24) is 9.55 Å². The van der Waals surface area contributed by atoms with Crippen molar-refractivity contribution >= 4 is 44.6 Å². The minimum Gasteiger partial charge on any atom is -0.457 e. The van der Waals surface area contributed by atoms with Crippen LogP contribution in [0.2, 0.25) is 0 Å². The lowest BCUT2D eigenvalue weighted by Gasteiger charge is -2.28. The van der Waals surface area contributed by atoms with E-state index in [0.29, 0.717) is 29.5 Å². The third-order valence-corrected chi connectivity index (χ3v) is 16.7. The Labute approximate surface area is 500 Å². The van der Waals surface area contributed by atoms with E-state index in [1.54, 1.807) is 12.3 Å². The second kappa shape index (κ2) is 21.1. The quantitative estimate of drug-likeness (QED) is 0.137. The third kappa shape index (κ3) is 10.1. The number of nitrogens with zero attached hydrogens (tertiary/aromatic N) is 4. The van der Waals surface area contributed by atoms with E-state index >= 15 is 0 Å². The van der Waals surface area contributed by atoms with Gasteiger partial charge in [-0.3, -0.25) is 4.57 Å². The molecule has 5 nitrogen and oxygen atoms in total. The van der Waals surface area contributed by atoms with Crippen molar-refractivity contribution in [2.75, 3.05) is 16.5 Å². The van der Waals surface area contributed by atoms with Crippen molar-refractivity contribution in [3.63, 3.8) is 0 Å². The molecule has 0 aliphatic carbocycles. The molecule has 0 atom stereocenters. The molecule has 0 bridgehead atoms. The molecule has 0 radical (unpaired) electrons. The van der Waals surface area contributed by atoms with E-state index in [1.165, 1.54) is 16.7 Å². The van der Waals surface area contributed by atoms with Crippen molar-refractivity contribution in [1.29, 1.82) is 0 Å². The van der Waals surface area contributed by atoms with Gasteiger partial charge in [-0.2, -0.15) is 0 Å². The Morgan fingerprint density at radius 1 is 0.405 bits per heavy atom. The molecule has 84 heavy (non-hydrogen) atoms. The van der Waals surface area contributed by atoms with Crippen LogP contribution in [0.1, 0.15) is 88.7 Å².